The molecule has 0 aliphatic rings. The van der Waals surface area contributed by atoms with Crippen molar-refractivity contribution in [2.24, 2.45) is 0 Å². The Morgan fingerprint density at radius 2 is 2.06 bits per heavy atom. The molecule has 4 nitrogen and oxygen atoms in total. The standard InChI is InChI=1S/C12H19BrN2O2/c1-4-5-11-14-10(13)8-12(15-11)17-7-6-16-9(2)3/h8-9H,4-7H2,1-3H3. The van der Waals surface area contributed by atoms with E-state index < -0.39 is 0 Å². The molecule has 0 unspecified atom stereocenters. The molecule has 0 spiro atoms. The highest BCUT2D eigenvalue weighted by Gasteiger charge is 2.03. The van der Waals surface area contributed by atoms with Crippen LogP contribution in [-0.4, -0.2) is 29.3 Å². The second-order valence-corrected chi connectivity index (χ2v) is 4.78. The minimum absolute atomic E-state index is 0.228. The molecule has 1 aromatic heterocycles. The fourth-order valence-electron chi connectivity index (χ4n) is 1.28. The molecule has 0 N–H and O–H groups in total. The number of rotatable bonds is 7. The van der Waals surface area contributed by atoms with Crippen molar-refractivity contribution in [2.75, 3.05) is 13.2 Å². The van der Waals surface area contributed by atoms with E-state index in [0.29, 0.717) is 19.1 Å². The molecule has 0 fully saturated rings. The number of hydrogen-bond acceptors (Lipinski definition) is 4. The van der Waals surface area contributed by atoms with E-state index in [0.717, 1.165) is 23.3 Å². The lowest BCUT2D eigenvalue weighted by Gasteiger charge is -2.09. The Kier molecular flexibility index (Phi) is 6.44. The second kappa shape index (κ2) is 7.61. The minimum Gasteiger partial charge on any atom is -0.475 e. The maximum Gasteiger partial charge on any atom is 0.217 e. The molecule has 0 aliphatic carbocycles. The van der Waals surface area contributed by atoms with E-state index in [-0.39, 0.29) is 6.10 Å². The minimum atomic E-state index is 0.228. The van der Waals surface area contributed by atoms with E-state index in [9.17, 15) is 0 Å². The Bertz CT molecular complexity index is 345. The van der Waals surface area contributed by atoms with Gasteiger partial charge in [0.15, 0.2) is 0 Å². The van der Waals surface area contributed by atoms with Gasteiger partial charge in [-0.15, -0.1) is 0 Å². The van der Waals surface area contributed by atoms with Crippen LogP contribution in [-0.2, 0) is 11.2 Å². The Morgan fingerprint density at radius 1 is 1.29 bits per heavy atom. The first-order valence-electron chi connectivity index (χ1n) is 5.89. The van der Waals surface area contributed by atoms with Gasteiger partial charge in [0.05, 0.1) is 12.7 Å². The number of hydrogen-bond donors (Lipinski definition) is 0. The lowest BCUT2D eigenvalue weighted by atomic mass is 10.3. The largest absolute Gasteiger partial charge is 0.475 e. The molecule has 1 aromatic rings. The zero-order chi connectivity index (χ0) is 12.7. The molecule has 0 saturated heterocycles. The molecule has 1 heterocycles. The molecule has 0 atom stereocenters. The first-order valence-corrected chi connectivity index (χ1v) is 6.69. The Morgan fingerprint density at radius 3 is 2.71 bits per heavy atom. The van der Waals surface area contributed by atoms with Gasteiger partial charge in [-0.2, -0.15) is 4.98 Å². The van der Waals surface area contributed by atoms with Crippen molar-refractivity contribution < 1.29 is 9.47 Å². The van der Waals surface area contributed by atoms with Crippen molar-refractivity contribution in [3.8, 4) is 5.88 Å². The van der Waals surface area contributed by atoms with Gasteiger partial charge < -0.3 is 9.47 Å². The quantitative estimate of drug-likeness (QED) is 0.574. The van der Waals surface area contributed by atoms with E-state index in [1.807, 2.05) is 13.8 Å². The van der Waals surface area contributed by atoms with E-state index in [1.165, 1.54) is 0 Å². The summed E-state index contributed by atoms with van der Waals surface area (Å²) in [7, 11) is 0. The summed E-state index contributed by atoms with van der Waals surface area (Å²) in [5.41, 5.74) is 0. The molecular weight excluding hydrogens is 284 g/mol. The molecule has 0 bridgehead atoms. The molecular formula is C12H19BrN2O2. The third kappa shape index (κ3) is 5.98. The summed E-state index contributed by atoms with van der Waals surface area (Å²) in [6, 6.07) is 1.77. The van der Waals surface area contributed by atoms with E-state index in [4.69, 9.17) is 9.47 Å². The maximum atomic E-state index is 5.52. The van der Waals surface area contributed by atoms with Gasteiger partial charge >= 0.3 is 0 Å². The number of aromatic nitrogens is 2. The summed E-state index contributed by atoms with van der Waals surface area (Å²) < 4.78 is 11.7. The predicted octanol–water partition coefficient (Wildman–Crippen LogP) is 3.00. The Balaban J connectivity index is 2.46. The van der Waals surface area contributed by atoms with Gasteiger partial charge in [0.2, 0.25) is 5.88 Å². The molecule has 0 radical (unpaired) electrons. The van der Waals surface area contributed by atoms with Gasteiger partial charge in [0, 0.05) is 12.5 Å². The smallest absolute Gasteiger partial charge is 0.217 e. The van der Waals surface area contributed by atoms with Crippen LogP contribution in [0.3, 0.4) is 0 Å². The highest BCUT2D eigenvalue weighted by molar-refractivity contribution is 9.10. The Hall–Kier alpha value is -0.680. The van der Waals surface area contributed by atoms with Gasteiger partial charge in [-0.05, 0) is 36.2 Å². The Labute approximate surface area is 111 Å². The molecule has 0 amide bonds. The zero-order valence-electron chi connectivity index (χ0n) is 10.6. The van der Waals surface area contributed by atoms with Crippen LogP contribution in [0.5, 0.6) is 5.88 Å². The van der Waals surface area contributed by atoms with Gasteiger partial charge in [-0.25, -0.2) is 4.98 Å². The van der Waals surface area contributed by atoms with Crippen LogP contribution in [0.15, 0.2) is 10.7 Å². The topological polar surface area (TPSA) is 44.2 Å². The summed E-state index contributed by atoms with van der Waals surface area (Å²) in [5, 5.41) is 0. The van der Waals surface area contributed by atoms with Crippen LogP contribution in [0.1, 0.15) is 33.0 Å². The van der Waals surface area contributed by atoms with Gasteiger partial charge in [-0.3, -0.25) is 0 Å². The van der Waals surface area contributed by atoms with Crippen molar-refractivity contribution in [1.82, 2.24) is 9.97 Å². The maximum absolute atomic E-state index is 5.52. The highest BCUT2D eigenvalue weighted by atomic mass is 79.9. The zero-order valence-corrected chi connectivity index (χ0v) is 12.2. The average Bonchev–Trinajstić information content (AvgIpc) is 2.24. The lowest BCUT2D eigenvalue weighted by molar-refractivity contribution is 0.0541. The van der Waals surface area contributed by atoms with Crippen LogP contribution in [0.25, 0.3) is 0 Å². The lowest BCUT2D eigenvalue weighted by Crippen LogP contribution is -2.12. The number of halogens is 1. The third-order valence-corrected chi connectivity index (χ3v) is 2.38. The predicted molar refractivity (Wildman–Crippen MR) is 70.3 cm³/mol. The molecule has 17 heavy (non-hydrogen) atoms. The van der Waals surface area contributed by atoms with Crippen LogP contribution in [0.2, 0.25) is 0 Å². The van der Waals surface area contributed by atoms with Crippen LogP contribution < -0.4 is 4.74 Å². The molecule has 96 valence electrons. The molecule has 0 aliphatic heterocycles. The first kappa shape index (κ1) is 14.4. The van der Waals surface area contributed by atoms with E-state index in [1.54, 1.807) is 6.07 Å². The number of aryl methyl sites for hydroxylation is 1. The van der Waals surface area contributed by atoms with Gasteiger partial charge in [-0.1, -0.05) is 6.92 Å². The fourth-order valence-corrected chi connectivity index (χ4v) is 1.68. The summed E-state index contributed by atoms with van der Waals surface area (Å²) in [5.74, 6) is 1.41. The van der Waals surface area contributed by atoms with Crippen LogP contribution in [0, 0.1) is 0 Å². The normalized spacial score (nSPS) is 10.9. The van der Waals surface area contributed by atoms with E-state index in [2.05, 4.69) is 32.8 Å². The van der Waals surface area contributed by atoms with Crippen molar-refractivity contribution in [3.05, 3.63) is 16.5 Å². The molecule has 5 heteroatoms. The van der Waals surface area contributed by atoms with Gasteiger partial charge in [0.25, 0.3) is 0 Å². The summed E-state index contributed by atoms with van der Waals surface area (Å²) >= 11 is 3.35. The van der Waals surface area contributed by atoms with Crippen LogP contribution in [0.4, 0.5) is 0 Å². The first-order chi connectivity index (χ1) is 8.11. The SMILES string of the molecule is CCCc1nc(Br)cc(OCCOC(C)C)n1. The molecule has 0 aromatic carbocycles. The van der Waals surface area contributed by atoms with Crippen molar-refractivity contribution in [3.63, 3.8) is 0 Å². The number of nitrogens with zero attached hydrogens (tertiary/aromatic N) is 2. The third-order valence-electron chi connectivity index (χ3n) is 1.98. The summed E-state index contributed by atoms with van der Waals surface area (Å²) in [4.78, 5) is 8.60. The van der Waals surface area contributed by atoms with E-state index >= 15 is 0 Å². The average molecular weight is 303 g/mol. The summed E-state index contributed by atoms with van der Waals surface area (Å²) in [6.07, 6.45) is 2.11. The molecule has 1 rings (SSSR count). The number of ether oxygens (including phenoxy) is 2. The van der Waals surface area contributed by atoms with Crippen molar-refractivity contribution in [1.29, 1.82) is 0 Å². The monoisotopic (exact) mass is 302 g/mol. The summed E-state index contributed by atoms with van der Waals surface area (Å²) in [6.45, 7) is 7.18. The van der Waals surface area contributed by atoms with Crippen molar-refractivity contribution in [2.45, 2.75) is 39.7 Å². The second-order valence-electron chi connectivity index (χ2n) is 3.96. The molecule has 0 saturated carbocycles. The fraction of sp³-hybridized carbons (Fsp3) is 0.667. The van der Waals surface area contributed by atoms with Crippen LogP contribution >= 0.6 is 15.9 Å². The van der Waals surface area contributed by atoms with Crippen molar-refractivity contribution >= 4 is 15.9 Å². The van der Waals surface area contributed by atoms with Gasteiger partial charge in [0.1, 0.15) is 17.0 Å². The highest BCUT2D eigenvalue weighted by Crippen LogP contribution is 2.15.